The molecule has 0 saturated heterocycles. The summed E-state index contributed by atoms with van der Waals surface area (Å²) in [5.41, 5.74) is 5.35. The Hall–Kier alpha value is -0.870. The summed E-state index contributed by atoms with van der Waals surface area (Å²) in [6.45, 7) is 0. The van der Waals surface area contributed by atoms with Crippen LogP contribution in [0.25, 0.3) is 0 Å². The van der Waals surface area contributed by atoms with E-state index in [1.165, 1.54) is 5.56 Å². The minimum atomic E-state index is 0.119. The van der Waals surface area contributed by atoms with Crippen molar-refractivity contribution in [1.82, 2.24) is 5.43 Å². The minimum absolute atomic E-state index is 0.119. The number of rotatable bonds is 6. The zero-order valence-corrected chi connectivity index (χ0v) is 13.5. The average Bonchev–Trinajstić information content (AvgIpc) is 2.43. The van der Waals surface area contributed by atoms with Crippen molar-refractivity contribution in [1.29, 1.82) is 0 Å². The minimum Gasteiger partial charge on any atom is -0.271 e. The predicted octanol–water partition coefficient (Wildman–Crippen LogP) is 4.63. The Morgan fingerprint density at radius 1 is 1.15 bits per heavy atom. The van der Waals surface area contributed by atoms with Gasteiger partial charge in [-0.15, -0.1) is 0 Å². The lowest BCUT2D eigenvalue weighted by atomic mass is 9.99. The summed E-state index contributed by atoms with van der Waals surface area (Å²) in [6, 6.07) is 16.5. The fourth-order valence-electron chi connectivity index (χ4n) is 2.28. The number of hydrogen-bond donors (Lipinski definition) is 2. The molecule has 4 heteroatoms. The molecule has 0 aliphatic carbocycles. The summed E-state index contributed by atoms with van der Waals surface area (Å²) in [4.78, 5) is 0. The lowest BCUT2D eigenvalue weighted by Gasteiger charge is -2.17. The van der Waals surface area contributed by atoms with Crippen LogP contribution in [0, 0.1) is 0 Å². The zero-order chi connectivity index (χ0) is 14.4. The van der Waals surface area contributed by atoms with E-state index in [0.717, 1.165) is 34.3 Å². The van der Waals surface area contributed by atoms with E-state index in [9.17, 15) is 0 Å². The topological polar surface area (TPSA) is 38.0 Å². The average molecular weight is 354 g/mol. The second-order valence-electron chi connectivity index (χ2n) is 4.80. The highest BCUT2D eigenvalue weighted by Gasteiger charge is 2.11. The molecular weight excluding hydrogens is 336 g/mol. The number of nitrogens with two attached hydrogens (primary N) is 1. The summed E-state index contributed by atoms with van der Waals surface area (Å²) in [6.07, 6.45) is 3.10. The Kier molecular flexibility index (Phi) is 6.05. The highest BCUT2D eigenvalue weighted by Crippen LogP contribution is 2.26. The molecule has 0 spiro atoms. The number of benzene rings is 2. The monoisotopic (exact) mass is 352 g/mol. The highest BCUT2D eigenvalue weighted by molar-refractivity contribution is 9.10. The van der Waals surface area contributed by atoms with Crippen LogP contribution in [0.4, 0.5) is 0 Å². The van der Waals surface area contributed by atoms with Gasteiger partial charge in [0.1, 0.15) is 0 Å². The van der Waals surface area contributed by atoms with Crippen LogP contribution in [0.1, 0.15) is 30.0 Å². The van der Waals surface area contributed by atoms with Gasteiger partial charge in [0.15, 0.2) is 0 Å². The van der Waals surface area contributed by atoms with Crippen molar-refractivity contribution >= 4 is 27.5 Å². The molecule has 0 saturated carbocycles. The summed E-state index contributed by atoms with van der Waals surface area (Å²) in [7, 11) is 0. The Labute approximate surface area is 133 Å². The van der Waals surface area contributed by atoms with E-state index < -0.39 is 0 Å². The van der Waals surface area contributed by atoms with Crippen LogP contribution in [-0.2, 0) is 6.42 Å². The van der Waals surface area contributed by atoms with Crippen LogP contribution >= 0.6 is 27.5 Å². The van der Waals surface area contributed by atoms with Crippen molar-refractivity contribution in [2.45, 2.75) is 25.3 Å². The fourth-order valence-corrected chi connectivity index (χ4v) is 3.16. The van der Waals surface area contributed by atoms with Crippen molar-refractivity contribution in [2.75, 3.05) is 0 Å². The number of hydrogen-bond acceptors (Lipinski definition) is 2. The lowest BCUT2D eigenvalue weighted by Crippen LogP contribution is -2.28. The number of halogens is 2. The first-order chi connectivity index (χ1) is 9.69. The van der Waals surface area contributed by atoms with E-state index in [2.05, 4.69) is 51.7 Å². The normalized spacial score (nSPS) is 12.3. The van der Waals surface area contributed by atoms with Gasteiger partial charge >= 0.3 is 0 Å². The standard InChI is InChI=1S/C16H18BrClN2/c17-14-9-13(10-15(18)11-14)16(20-19)8-4-7-12-5-2-1-3-6-12/h1-3,5-6,9-11,16,20H,4,7-8,19H2. The van der Waals surface area contributed by atoms with Crippen LogP contribution in [0.3, 0.4) is 0 Å². The lowest BCUT2D eigenvalue weighted by molar-refractivity contribution is 0.498. The molecule has 0 fully saturated rings. The molecule has 2 aromatic carbocycles. The van der Waals surface area contributed by atoms with E-state index in [4.69, 9.17) is 17.4 Å². The van der Waals surface area contributed by atoms with Crippen molar-refractivity contribution in [3.8, 4) is 0 Å². The van der Waals surface area contributed by atoms with Gasteiger partial charge in [-0.25, -0.2) is 0 Å². The molecule has 1 atom stereocenters. The Morgan fingerprint density at radius 2 is 1.90 bits per heavy atom. The van der Waals surface area contributed by atoms with Gasteiger partial charge < -0.3 is 0 Å². The van der Waals surface area contributed by atoms with Crippen LogP contribution < -0.4 is 11.3 Å². The summed E-state index contributed by atoms with van der Waals surface area (Å²) in [5, 5.41) is 0.720. The quantitative estimate of drug-likeness (QED) is 0.587. The molecule has 0 aliphatic rings. The van der Waals surface area contributed by atoms with Gasteiger partial charge in [-0.1, -0.05) is 57.9 Å². The second kappa shape index (κ2) is 7.79. The predicted molar refractivity (Wildman–Crippen MR) is 88.6 cm³/mol. The van der Waals surface area contributed by atoms with Crippen LogP contribution in [0.15, 0.2) is 53.0 Å². The Morgan fingerprint density at radius 3 is 2.55 bits per heavy atom. The molecule has 0 aliphatic heterocycles. The third-order valence-corrected chi connectivity index (χ3v) is 3.97. The first-order valence-corrected chi connectivity index (χ1v) is 7.82. The van der Waals surface area contributed by atoms with Crippen molar-refractivity contribution < 1.29 is 0 Å². The number of hydrazine groups is 1. The third kappa shape index (κ3) is 4.60. The van der Waals surface area contributed by atoms with Crippen molar-refractivity contribution in [3.05, 3.63) is 69.2 Å². The van der Waals surface area contributed by atoms with Gasteiger partial charge in [0.2, 0.25) is 0 Å². The third-order valence-electron chi connectivity index (χ3n) is 3.29. The molecule has 2 aromatic rings. The van der Waals surface area contributed by atoms with Gasteiger partial charge in [-0.2, -0.15) is 0 Å². The number of aryl methyl sites for hydroxylation is 1. The van der Waals surface area contributed by atoms with Crippen LogP contribution in [-0.4, -0.2) is 0 Å². The molecule has 2 nitrogen and oxygen atoms in total. The van der Waals surface area contributed by atoms with Gasteiger partial charge in [-0.05, 0) is 48.6 Å². The highest BCUT2D eigenvalue weighted by atomic mass is 79.9. The number of nitrogens with one attached hydrogen (secondary N) is 1. The smallest absolute Gasteiger partial charge is 0.0461 e. The molecular formula is C16H18BrClN2. The Balaban J connectivity index is 1.95. The maximum atomic E-state index is 6.08. The van der Waals surface area contributed by atoms with E-state index in [-0.39, 0.29) is 6.04 Å². The van der Waals surface area contributed by atoms with Crippen LogP contribution in [0.5, 0.6) is 0 Å². The molecule has 3 N–H and O–H groups in total. The molecule has 0 heterocycles. The Bertz CT molecular complexity index is 525. The van der Waals surface area contributed by atoms with Gasteiger partial charge in [0, 0.05) is 15.5 Å². The summed E-state index contributed by atoms with van der Waals surface area (Å²) >= 11 is 9.54. The van der Waals surface area contributed by atoms with Gasteiger partial charge in [0.05, 0.1) is 0 Å². The van der Waals surface area contributed by atoms with E-state index in [1.54, 1.807) is 0 Å². The van der Waals surface area contributed by atoms with E-state index in [0.29, 0.717) is 0 Å². The molecule has 20 heavy (non-hydrogen) atoms. The van der Waals surface area contributed by atoms with Gasteiger partial charge in [-0.3, -0.25) is 11.3 Å². The SMILES string of the molecule is NNC(CCCc1ccccc1)c1cc(Cl)cc(Br)c1. The maximum Gasteiger partial charge on any atom is 0.0461 e. The molecule has 106 valence electrons. The zero-order valence-electron chi connectivity index (χ0n) is 11.2. The maximum absolute atomic E-state index is 6.08. The van der Waals surface area contributed by atoms with E-state index in [1.807, 2.05) is 18.2 Å². The molecule has 0 aromatic heterocycles. The van der Waals surface area contributed by atoms with Crippen molar-refractivity contribution in [3.63, 3.8) is 0 Å². The summed E-state index contributed by atoms with van der Waals surface area (Å²) < 4.78 is 0.975. The van der Waals surface area contributed by atoms with Crippen LogP contribution in [0.2, 0.25) is 5.02 Å². The largest absolute Gasteiger partial charge is 0.271 e. The molecule has 0 bridgehead atoms. The summed E-state index contributed by atoms with van der Waals surface area (Å²) in [5.74, 6) is 5.68. The second-order valence-corrected chi connectivity index (χ2v) is 6.15. The van der Waals surface area contributed by atoms with E-state index >= 15 is 0 Å². The van der Waals surface area contributed by atoms with Gasteiger partial charge in [0.25, 0.3) is 0 Å². The molecule has 1 unspecified atom stereocenters. The molecule has 2 rings (SSSR count). The first kappa shape index (κ1) is 15.5. The van der Waals surface area contributed by atoms with Crippen molar-refractivity contribution in [2.24, 2.45) is 5.84 Å². The molecule has 0 radical (unpaired) electrons. The molecule has 0 amide bonds. The fraction of sp³-hybridized carbons (Fsp3) is 0.250. The first-order valence-electron chi connectivity index (χ1n) is 6.65.